The standard InChI is InChI=1S/C8H18OSe2/c1-3-10-7-5-9-6-8-11-4-2/h3-8H2,1-2H3. The van der Waals surface area contributed by atoms with E-state index in [0.29, 0.717) is 0 Å². The fraction of sp³-hybridized carbons (Fsp3) is 1.00. The second-order valence-corrected chi connectivity index (χ2v) is 7.86. The third-order valence-electron chi connectivity index (χ3n) is 1.15. The molecule has 11 heavy (non-hydrogen) atoms. The summed E-state index contributed by atoms with van der Waals surface area (Å²) in [5, 5.41) is 5.33. The van der Waals surface area contributed by atoms with Gasteiger partial charge in [0.15, 0.2) is 0 Å². The van der Waals surface area contributed by atoms with Crippen LogP contribution in [0.3, 0.4) is 0 Å². The van der Waals surface area contributed by atoms with Gasteiger partial charge in [-0.25, -0.2) is 0 Å². The Labute approximate surface area is 83.0 Å². The van der Waals surface area contributed by atoms with E-state index in [2.05, 4.69) is 13.8 Å². The first-order valence-electron chi connectivity index (χ1n) is 4.15. The number of hydrogen-bond donors (Lipinski definition) is 0. The molecule has 0 aliphatic rings. The number of rotatable bonds is 8. The quantitative estimate of drug-likeness (QED) is 0.491. The summed E-state index contributed by atoms with van der Waals surface area (Å²) in [6, 6.07) is 0. The Hall–Kier alpha value is 0.999. The molecule has 0 radical (unpaired) electrons. The molecule has 0 saturated heterocycles. The van der Waals surface area contributed by atoms with Crippen molar-refractivity contribution in [1.82, 2.24) is 0 Å². The summed E-state index contributed by atoms with van der Waals surface area (Å²) in [5.74, 6) is 0. The molecule has 0 N–H and O–H groups in total. The van der Waals surface area contributed by atoms with Gasteiger partial charge in [0.1, 0.15) is 0 Å². The Kier molecular flexibility index (Phi) is 12.0. The average Bonchev–Trinajstić information content (AvgIpc) is 2.03. The second kappa shape index (κ2) is 11.0. The Balaban J connectivity index is 2.69. The minimum atomic E-state index is 0.843. The summed E-state index contributed by atoms with van der Waals surface area (Å²) in [6.45, 7) is 6.52. The molecular weight excluding hydrogens is 270 g/mol. The van der Waals surface area contributed by atoms with Crippen molar-refractivity contribution >= 4 is 29.9 Å². The van der Waals surface area contributed by atoms with Crippen molar-refractivity contribution in [2.75, 3.05) is 13.2 Å². The van der Waals surface area contributed by atoms with Crippen LogP contribution in [0.4, 0.5) is 0 Å². The van der Waals surface area contributed by atoms with E-state index in [1.165, 1.54) is 21.3 Å². The molecule has 3 heteroatoms. The van der Waals surface area contributed by atoms with Crippen LogP contribution in [-0.4, -0.2) is 43.1 Å². The maximum absolute atomic E-state index is 5.47. The van der Waals surface area contributed by atoms with Crippen molar-refractivity contribution in [3.05, 3.63) is 0 Å². The van der Waals surface area contributed by atoms with Gasteiger partial charge in [-0.2, -0.15) is 0 Å². The zero-order valence-electron chi connectivity index (χ0n) is 7.47. The molecule has 0 rings (SSSR count). The molecular formula is C8H18OSe2. The Morgan fingerprint density at radius 3 is 1.73 bits per heavy atom. The normalized spacial score (nSPS) is 10.4. The van der Waals surface area contributed by atoms with Crippen LogP contribution in [0.15, 0.2) is 0 Å². The predicted molar refractivity (Wildman–Crippen MR) is 52.9 cm³/mol. The molecule has 0 aromatic heterocycles. The molecule has 0 unspecified atom stereocenters. The van der Waals surface area contributed by atoms with E-state index < -0.39 is 0 Å². The molecule has 0 aromatic carbocycles. The average molecular weight is 288 g/mol. The molecule has 0 atom stereocenters. The molecule has 0 bridgehead atoms. The first kappa shape index (κ1) is 12.0. The van der Waals surface area contributed by atoms with Crippen molar-refractivity contribution in [2.24, 2.45) is 0 Å². The van der Waals surface area contributed by atoms with Crippen LogP contribution in [0.1, 0.15) is 13.8 Å². The summed E-state index contributed by atoms with van der Waals surface area (Å²) in [6.07, 6.45) is 0. The molecule has 0 aromatic rings. The molecule has 0 fully saturated rings. The Morgan fingerprint density at radius 1 is 0.909 bits per heavy atom. The van der Waals surface area contributed by atoms with Crippen molar-refractivity contribution in [3.8, 4) is 0 Å². The van der Waals surface area contributed by atoms with Crippen LogP contribution in [0.25, 0.3) is 0 Å². The van der Waals surface area contributed by atoms with Gasteiger partial charge in [-0.05, 0) is 0 Å². The summed E-state index contributed by atoms with van der Waals surface area (Å²) >= 11 is 1.69. The second-order valence-electron chi connectivity index (χ2n) is 2.01. The SMILES string of the molecule is CC[Se]CCOCC[Se]CC. The van der Waals surface area contributed by atoms with E-state index in [0.717, 1.165) is 43.1 Å². The summed E-state index contributed by atoms with van der Waals surface area (Å²) < 4.78 is 5.47. The molecule has 1 nitrogen and oxygen atoms in total. The third-order valence-corrected chi connectivity index (χ3v) is 4.78. The first-order chi connectivity index (χ1) is 5.41. The van der Waals surface area contributed by atoms with Gasteiger partial charge in [0.2, 0.25) is 0 Å². The van der Waals surface area contributed by atoms with Gasteiger partial charge in [-0.3, -0.25) is 0 Å². The fourth-order valence-electron chi connectivity index (χ4n) is 0.626. The van der Waals surface area contributed by atoms with Gasteiger partial charge in [0, 0.05) is 0 Å². The van der Waals surface area contributed by atoms with E-state index in [-0.39, 0.29) is 0 Å². The third kappa shape index (κ3) is 11.0. The van der Waals surface area contributed by atoms with Crippen LogP contribution >= 0.6 is 0 Å². The summed E-state index contributed by atoms with van der Waals surface area (Å²) in [4.78, 5) is 0. The molecule has 0 spiro atoms. The maximum atomic E-state index is 5.47. The van der Waals surface area contributed by atoms with E-state index in [1.54, 1.807) is 0 Å². The van der Waals surface area contributed by atoms with Crippen LogP contribution in [-0.2, 0) is 4.74 Å². The molecule has 0 aliphatic heterocycles. The van der Waals surface area contributed by atoms with Crippen LogP contribution in [0, 0.1) is 0 Å². The monoisotopic (exact) mass is 290 g/mol. The summed E-state index contributed by atoms with van der Waals surface area (Å²) in [7, 11) is 0. The Bertz CT molecular complexity index is 61.1. The van der Waals surface area contributed by atoms with E-state index in [1.807, 2.05) is 0 Å². The number of ether oxygens (including phenoxy) is 1. The predicted octanol–water partition coefficient (Wildman–Crippen LogP) is 2.12. The summed E-state index contributed by atoms with van der Waals surface area (Å²) in [5.41, 5.74) is 0. The van der Waals surface area contributed by atoms with Crippen LogP contribution in [0.2, 0.25) is 21.3 Å². The van der Waals surface area contributed by atoms with Crippen molar-refractivity contribution in [3.63, 3.8) is 0 Å². The van der Waals surface area contributed by atoms with Crippen molar-refractivity contribution < 1.29 is 4.74 Å². The van der Waals surface area contributed by atoms with Gasteiger partial charge < -0.3 is 0 Å². The molecule has 0 aliphatic carbocycles. The molecule has 0 saturated carbocycles. The molecule has 0 amide bonds. The van der Waals surface area contributed by atoms with Crippen molar-refractivity contribution in [2.45, 2.75) is 35.1 Å². The van der Waals surface area contributed by atoms with Crippen molar-refractivity contribution in [1.29, 1.82) is 0 Å². The van der Waals surface area contributed by atoms with Gasteiger partial charge in [0.05, 0.1) is 0 Å². The van der Waals surface area contributed by atoms with Gasteiger partial charge in [-0.1, -0.05) is 0 Å². The Morgan fingerprint density at radius 2 is 1.36 bits per heavy atom. The van der Waals surface area contributed by atoms with E-state index >= 15 is 0 Å². The first-order valence-corrected chi connectivity index (χ1v) is 8.99. The zero-order chi connectivity index (χ0) is 8.36. The molecule has 0 heterocycles. The van der Waals surface area contributed by atoms with Gasteiger partial charge in [0.25, 0.3) is 0 Å². The van der Waals surface area contributed by atoms with Crippen LogP contribution < -0.4 is 0 Å². The van der Waals surface area contributed by atoms with Gasteiger partial charge >= 0.3 is 83.0 Å². The minimum absolute atomic E-state index is 0.843. The topological polar surface area (TPSA) is 9.23 Å². The van der Waals surface area contributed by atoms with E-state index in [4.69, 9.17) is 4.74 Å². The fourth-order valence-corrected chi connectivity index (χ4v) is 2.83. The van der Waals surface area contributed by atoms with Crippen LogP contribution in [0.5, 0.6) is 0 Å². The zero-order valence-corrected chi connectivity index (χ0v) is 10.9. The van der Waals surface area contributed by atoms with Gasteiger partial charge in [-0.15, -0.1) is 0 Å². The molecule has 68 valence electrons. The number of hydrogen-bond acceptors (Lipinski definition) is 1. The van der Waals surface area contributed by atoms with E-state index in [9.17, 15) is 0 Å².